The zero-order chi connectivity index (χ0) is 14.4. The van der Waals surface area contributed by atoms with Gasteiger partial charge in [0.1, 0.15) is 0 Å². The molecule has 20 heavy (non-hydrogen) atoms. The van der Waals surface area contributed by atoms with Crippen molar-refractivity contribution in [3.05, 3.63) is 34.3 Å². The molecule has 0 saturated heterocycles. The molecule has 2 unspecified atom stereocenters. The van der Waals surface area contributed by atoms with Gasteiger partial charge in [0.25, 0.3) is 0 Å². The lowest BCUT2D eigenvalue weighted by molar-refractivity contribution is 0.0293. The SMILES string of the molecule is CCCC(C)COC(CNC1CC1)c1ccccc1Br. The van der Waals surface area contributed by atoms with Crippen molar-refractivity contribution in [1.82, 2.24) is 5.32 Å². The standard InChI is InChI=1S/C17H26BrNO/c1-3-6-13(2)12-20-17(11-19-14-9-10-14)15-7-4-5-8-16(15)18/h4-5,7-8,13-14,17,19H,3,6,9-12H2,1-2H3. The number of benzene rings is 1. The third-order valence-corrected chi connectivity index (χ3v) is 4.51. The van der Waals surface area contributed by atoms with Gasteiger partial charge in [-0.05, 0) is 36.8 Å². The van der Waals surface area contributed by atoms with E-state index in [4.69, 9.17) is 4.74 Å². The third kappa shape index (κ3) is 5.19. The zero-order valence-electron chi connectivity index (χ0n) is 12.6. The number of nitrogens with one attached hydrogen (secondary N) is 1. The molecule has 0 bridgehead atoms. The lowest BCUT2D eigenvalue weighted by Crippen LogP contribution is -2.26. The van der Waals surface area contributed by atoms with E-state index in [1.165, 1.54) is 31.2 Å². The van der Waals surface area contributed by atoms with Gasteiger partial charge in [0.15, 0.2) is 0 Å². The maximum atomic E-state index is 6.21. The Hall–Kier alpha value is -0.380. The molecule has 1 aromatic carbocycles. The van der Waals surface area contributed by atoms with Crippen LogP contribution in [0.2, 0.25) is 0 Å². The highest BCUT2D eigenvalue weighted by Gasteiger charge is 2.23. The summed E-state index contributed by atoms with van der Waals surface area (Å²) >= 11 is 3.65. The smallest absolute Gasteiger partial charge is 0.0960 e. The molecule has 2 atom stereocenters. The summed E-state index contributed by atoms with van der Waals surface area (Å²) in [5.74, 6) is 0.630. The van der Waals surface area contributed by atoms with Crippen molar-refractivity contribution < 1.29 is 4.74 Å². The first-order chi connectivity index (χ1) is 9.70. The van der Waals surface area contributed by atoms with Crippen molar-refractivity contribution in [2.45, 2.75) is 51.7 Å². The van der Waals surface area contributed by atoms with E-state index in [9.17, 15) is 0 Å². The van der Waals surface area contributed by atoms with Gasteiger partial charge < -0.3 is 10.1 Å². The molecule has 1 saturated carbocycles. The monoisotopic (exact) mass is 339 g/mol. The van der Waals surface area contributed by atoms with Gasteiger partial charge in [-0.2, -0.15) is 0 Å². The molecule has 0 heterocycles. The van der Waals surface area contributed by atoms with Crippen LogP contribution in [0.15, 0.2) is 28.7 Å². The van der Waals surface area contributed by atoms with Crippen molar-refractivity contribution in [2.24, 2.45) is 5.92 Å². The maximum Gasteiger partial charge on any atom is 0.0960 e. The quantitative estimate of drug-likeness (QED) is 0.704. The number of hydrogen-bond donors (Lipinski definition) is 1. The van der Waals surface area contributed by atoms with Crippen LogP contribution in [0.25, 0.3) is 0 Å². The van der Waals surface area contributed by atoms with E-state index >= 15 is 0 Å². The second-order valence-corrected chi connectivity index (χ2v) is 6.77. The normalized spacial score (nSPS) is 17.9. The predicted octanol–water partition coefficient (Wildman–Crippen LogP) is 4.70. The van der Waals surface area contributed by atoms with Crippen molar-refractivity contribution in [3.63, 3.8) is 0 Å². The molecular formula is C17H26BrNO. The molecule has 2 rings (SSSR count). The molecule has 1 N–H and O–H groups in total. The largest absolute Gasteiger partial charge is 0.372 e. The van der Waals surface area contributed by atoms with Crippen LogP contribution in [0.5, 0.6) is 0 Å². The van der Waals surface area contributed by atoms with Crippen LogP contribution < -0.4 is 5.32 Å². The Bertz CT molecular complexity index is 406. The Morgan fingerprint density at radius 1 is 1.35 bits per heavy atom. The van der Waals surface area contributed by atoms with Gasteiger partial charge >= 0.3 is 0 Å². The van der Waals surface area contributed by atoms with Gasteiger partial charge in [-0.3, -0.25) is 0 Å². The van der Waals surface area contributed by atoms with Crippen LogP contribution >= 0.6 is 15.9 Å². The Labute approximate surface area is 131 Å². The molecule has 0 aromatic heterocycles. The van der Waals surface area contributed by atoms with Crippen molar-refractivity contribution in [2.75, 3.05) is 13.2 Å². The highest BCUT2D eigenvalue weighted by Crippen LogP contribution is 2.28. The molecule has 1 aromatic rings. The van der Waals surface area contributed by atoms with Gasteiger partial charge in [-0.1, -0.05) is 54.4 Å². The van der Waals surface area contributed by atoms with E-state index in [1.807, 2.05) is 0 Å². The summed E-state index contributed by atoms with van der Waals surface area (Å²) in [5, 5.41) is 3.59. The average Bonchev–Trinajstić information content (AvgIpc) is 3.24. The highest BCUT2D eigenvalue weighted by atomic mass is 79.9. The van der Waals surface area contributed by atoms with Crippen LogP contribution in [0.3, 0.4) is 0 Å². The number of hydrogen-bond acceptors (Lipinski definition) is 2. The van der Waals surface area contributed by atoms with Crippen molar-refractivity contribution >= 4 is 15.9 Å². The Morgan fingerprint density at radius 3 is 2.75 bits per heavy atom. The first-order valence-corrected chi connectivity index (χ1v) is 8.59. The van der Waals surface area contributed by atoms with Crippen LogP contribution in [0, 0.1) is 5.92 Å². The fraction of sp³-hybridized carbons (Fsp3) is 0.647. The topological polar surface area (TPSA) is 21.3 Å². The highest BCUT2D eigenvalue weighted by molar-refractivity contribution is 9.10. The molecule has 112 valence electrons. The zero-order valence-corrected chi connectivity index (χ0v) is 14.2. The molecule has 3 heteroatoms. The summed E-state index contributed by atoms with van der Waals surface area (Å²) in [7, 11) is 0. The Balaban J connectivity index is 1.94. The minimum Gasteiger partial charge on any atom is -0.372 e. The Morgan fingerprint density at radius 2 is 2.10 bits per heavy atom. The second kappa shape index (κ2) is 8.16. The lowest BCUT2D eigenvalue weighted by Gasteiger charge is -2.22. The van der Waals surface area contributed by atoms with Gasteiger partial charge in [0.05, 0.1) is 12.7 Å². The molecule has 2 nitrogen and oxygen atoms in total. The number of rotatable bonds is 9. The first kappa shape index (κ1) is 16.0. The van der Waals surface area contributed by atoms with E-state index in [-0.39, 0.29) is 6.10 Å². The van der Waals surface area contributed by atoms with Gasteiger partial charge in [-0.25, -0.2) is 0 Å². The summed E-state index contributed by atoms with van der Waals surface area (Å²) in [4.78, 5) is 0. The second-order valence-electron chi connectivity index (χ2n) is 5.92. The molecule has 0 spiro atoms. The number of ether oxygens (including phenoxy) is 1. The fourth-order valence-electron chi connectivity index (χ4n) is 2.41. The molecule has 1 fully saturated rings. The van der Waals surface area contributed by atoms with E-state index in [0.29, 0.717) is 5.92 Å². The first-order valence-electron chi connectivity index (χ1n) is 7.80. The van der Waals surface area contributed by atoms with Crippen molar-refractivity contribution in [3.8, 4) is 0 Å². The van der Waals surface area contributed by atoms with E-state index < -0.39 is 0 Å². The van der Waals surface area contributed by atoms with Crippen LogP contribution in [-0.2, 0) is 4.74 Å². The summed E-state index contributed by atoms with van der Waals surface area (Å²) in [6.45, 7) is 6.25. The Kier molecular flexibility index (Phi) is 6.53. The predicted molar refractivity (Wildman–Crippen MR) is 87.9 cm³/mol. The van der Waals surface area contributed by atoms with Gasteiger partial charge in [0.2, 0.25) is 0 Å². The molecule has 1 aliphatic rings. The lowest BCUT2D eigenvalue weighted by atomic mass is 10.1. The minimum absolute atomic E-state index is 0.144. The van der Waals surface area contributed by atoms with E-state index in [1.54, 1.807) is 0 Å². The molecular weight excluding hydrogens is 314 g/mol. The molecule has 1 aliphatic carbocycles. The molecule has 0 amide bonds. The summed E-state index contributed by atoms with van der Waals surface area (Å²) < 4.78 is 7.35. The molecule has 0 radical (unpaired) electrons. The van der Waals surface area contributed by atoms with E-state index in [0.717, 1.165) is 23.7 Å². The van der Waals surface area contributed by atoms with Crippen molar-refractivity contribution in [1.29, 1.82) is 0 Å². The fourth-order valence-corrected chi connectivity index (χ4v) is 2.95. The summed E-state index contributed by atoms with van der Waals surface area (Å²) in [6.07, 6.45) is 5.23. The maximum absolute atomic E-state index is 6.21. The molecule has 0 aliphatic heterocycles. The van der Waals surface area contributed by atoms with E-state index in [2.05, 4.69) is 59.4 Å². The third-order valence-electron chi connectivity index (χ3n) is 3.78. The van der Waals surface area contributed by atoms with Gasteiger partial charge in [0, 0.05) is 17.1 Å². The van der Waals surface area contributed by atoms with Crippen LogP contribution in [0.1, 0.15) is 51.2 Å². The average molecular weight is 340 g/mol. The van der Waals surface area contributed by atoms with Gasteiger partial charge in [-0.15, -0.1) is 0 Å². The summed E-state index contributed by atoms with van der Waals surface area (Å²) in [5.41, 5.74) is 1.25. The number of halogens is 1. The summed E-state index contributed by atoms with van der Waals surface area (Å²) in [6, 6.07) is 9.12. The minimum atomic E-state index is 0.144. The van der Waals surface area contributed by atoms with Crippen LogP contribution in [-0.4, -0.2) is 19.2 Å². The van der Waals surface area contributed by atoms with Crippen LogP contribution in [0.4, 0.5) is 0 Å².